The van der Waals surface area contributed by atoms with Crippen LogP contribution in [0.3, 0.4) is 0 Å². The van der Waals surface area contributed by atoms with Gasteiger partial charge in [0.25, 0.3) is 5.91 Å². The molecule has 1 aliphatic heterocycles. The van der Waals surface area contributed by atoms with Crippen molar-refractivity contribution in [3.63, 3.8) is 0 Å². The summed E-state index contributed by atoms with van der Waals surface area (Å²) in [6.07, 6.45) is -0.514. The number of halogens is 1. The van der Waals surface area contributed by atoms with E-state index in [4.69, 9.17) is 0 Å². The lowest BCUT2D eigenvalue weighted by Crippen LogP contribution is -2.43. The molecule has 3 aromatic carbocycles. The molecular weight excluding hydrogens is 319 g/mol. The Morgan fingerprint density at radius 1 is 0.960 bits per heavy atom. The average molecular weight is 334 g/mol. The van der Waals surface area contributed by atoms with Crippen LogP contribution in [-0.4, -0.2) is 11.0 Å². The van der Waals surface area contributed by atoms with E-state index in [0.29, 0.717) is 11.3 Å². The lowest BCUT2D eigenvalue weighted by Gasteiger charge is -2.38. The predicted molar refractivity (Wildman–Crippen MR) is 94.1 cm³/mol. The number of nitrogens with one attached hydrogen (secondary N) is 1. The summed E-state index contributed by atoms with van der Waals surface area (Å²) in [5.41, 5.74) is 2.57. The molecule has 1 unspecified atom stereocenters. The number of hydrogen-bond acceptors (Lipinski definition) is 3. The van der Waals surface area contributed by atoms with Gasteiger partial charge in [-0.3, -0.25) is 9.69 Å². The second-order valence-electron chi connectivity index (χ2n) is 5.84. The topological polar surface area (TPSA) is 52.6 Å². The number of phenolic OH excluding ortho intramolecular Hbond substituents is 1. The number of anilines is 2. The molecule has 0 bridgehead atoms. The van der Waals surface area contributed by atoms with Crippen molar-refractivity contribution in [2.45, 2.75) is 6.17 Å². The van der Waals surface area contributed by atoms with Gasteiger partial charge < -0.3 is 10.4 Å². The van der Waals surface area contributed by atoms with Crippen LogP contribution < -0.4 is 10.2 Å². The van der Waals surface area contributed by atoms with Gasteiger partial charge in [0.15, 0.2) is 0 Å². The smallest absolute Gasteiger partial charge is 0.262 e. The first-order chi connectivity index (χ1) is 12.1. The quantitative estimate of drug-likeness (QED) is 0.734. The van der Waals surface area contributed by atoms with Gasteiger partial charge in [-0.15, -0.1) is 0 Å². The Morgan fingerprint density at radius 3 is 2.48 bits per heavy atom. The molecule has 3 aromatic rings. The van der Waals surface area contributed by atoms with E-state index < -0.39 is 6.17 Å². The van der Waals surface area contributed by atoms with Crippen molar-refractivity contribution >= 4 is 17.3 Å². The fourth-order valence-corrected chi connectivity index (χ4v) is 3.05. The number of nitrogens with zero attached hydrogens (tertiary/aromatic N) is 1. The van der Waals surface area contributed by atoms with Gasteiger partial charge in [-0.05, 0) is 54.1 Å². The standard InChI is InChI=1S/C20H15FN2O2/c21-14-8-10-15(11-9-14)23-19(13-4-3-5-16(24)12-13)22-18-7-2-1-6-17(18)20(23)25/h1-12,19,22,24H. The summed E-state index contributed by atoms with van der Waals surface area (Å²) in [5, 5.41) is 13.2. The number of carbonyl (C=O) groups is 1. The van der Waals surface area contributed by atoms with Crippen LogP contribution in [0, 0.1) is 5.82 Å². The summed E-state index contributed by atoms with van der Waals surface area (Å²) in [6.45, 7) is 0. The molecule has 1 aliphatic rings. The molecule has 1 amide bonds. The summed E-state index contributed by atoms with van der Waals surface area (Å²) >= 11 is 0. The zero-order valence-electron chi connectivity index (χ0n) is 13.2. The van der Waals surface area contributed by atoms with Gasteiger partial charge in [0.2, 0.25) is 0 Å². The van der Waals surface area contributed by atoms with Crippen LogP contribution in [0.15, 0.2) is 72.8 Å². The Morgan fingerprint density at radius 2 is 1.72 bits per heavy atom. The van der Waals surface area contributed by atoms with Crippen LogP contribution in [0.4, 0.5) is 15.8 Å². The maximum absolute atomic E-state index is 13.3. The molecule has 25 heavy (non-hydrogen) atoms. The number of carbonyl (C=O) groups excluding carboxylic acids is 1. The van der Waals surface area contributed by atoms with Crippen molar-refractivity contribution in [2.24, 2.45) is 0 Å². The summed E-state index contributed by atoms with van der Waals surface area (Å²) in [7, 11) is 0. The van der Waals surface area contributed by atoms with Gasteiger partial charge in [-0.25, -0.2) is 4.39 Å². The molecule has 2 N–H and O–H groups in total. The van der Waals surface area contributed by atoms with Crippen molar-refractivity contribution in [2.75, 3.05) is 10.2 Å². The monoisotopic (exact) mass is 334 g/mol. The molecule has 5 heteroatoms. The zero-order chi connectivity index (χ0) is 17.4. The van der Waals surface area contributed by atoms with E-state index in [1.165, 1.54) is 12.1 Å². The lowest BCUT2D eigenvalue weighted by molar-refractivity contribution is 0.0975. The Labute approximate surface area is 144 Å². The highest BCUT2D eigenvalue weighted by atomic mass is 19.1. The fourth-order valence-electron chi connectivity index (χ4n) is 3.05. The van der Waals surface area contributed by atoms with E-state index >= 15 is 0 Å². The molecule has 0 saturated heterocycles. The summed E-state index contributed by atoms with van der Waals surface area (Å²) in [6, 6.07) is 19.8. The minimum Gasteiger partial charge on any atom is -0.508 e. The number of hydrogen-bond donors (Lipinski definition) is 2. The number of benzene rings is 3. The average Bonchev–Trinajstić information content (AvgIpc) is 2.63. The largest absolute Gasteiger partial charge is 0.508 e. The molecule has 0 aromatic heterocycles. The maximum atomic E-state index is 13.3. The van der Waals surface area contributed by atoms with Gasteiger partial charge in [0.1, 0.15) is 17.7 Å². The normalized spacial score (nSPS) is 16.3. The van der Waals surface area contributed by atoms with Gasteiger partial charge in [0, 0.05) is 11.4 Å². The van der Waals surface area contributed by atoms with Crippen LogP contribution in [0.25, 0.3) is 0 Å². The molecule has 0 radical (unpaired) electrons. The summed E-state index contributed by atoms with van der Waals surface area (Å²) in [4.78, 5) is 14.7. The van der Waals surface area contributed by atoms with E-state index in [9.17, 15) is 14.3 Å². The molecule has 0 aliphatic carbocycles. The predicted octanol–water partition coefficient (Wildman–Crippen LogP) is 4.30. The van der Waals surface area contributed by atoms with Crippen molar-refractivity contribution in [1.82, 2.24) is 0 Å². The third kappa shape index (κ3) is 2.70. The number of phenols is 1. The Balaban J connectivity index is 1.87. The molecule has 0 saturated carbocycles. The molecule has 0 fully saturated rings. The first-order valence-corrected chi connectivity index (χ1v) is 7.87. The lowest BCUT2D eigenvalue weighted by atomic mass is 10.0. The zero-order valence-corrected chi connectivity index (χ0v) is 13.2. The SMILES string of the molecule is O=C1c2ccccc2NC(c2cccc(O)c2)N1c1ccc(F)cc1. The highest BCUT2D eigenvalue weighted by molar-refractivity contribution is 6.12. The Kier molecular flexibility index (Phi) is 3.61. The van der Waals surface area contributed by atoms with Crippen LogP contribution >= 0.6 is 0 Å². The second kappa shape index (κ2) is 5.94. The van der Waals surface area contributed by atoms with Crippen molar-refractivity contribution < 1.29 is 14.3 Å². The van der Waals surface area contributed by atoms with Crippen LogP contribution in [0.1, 0.15) is 22.1 Å². The third-order valence-corrected chi connectivity index (χ3v) is 4.22. The van der Waals surface area contributed by atoms with E-state index in [-0.39, 0.29) is 17.5 Å². The minimum absolute atomic E-state index is 0.115. The summed E-state index contributed by atoms with van der Waals surface area (Å²) < 4.78 is 13.3. The highest BCUT2D eigenvalue weighted by Gasteiger charge is 2.34. The van der Waals surface area contributed by atoms with Crippen LogP contribution in [0.5, 0.6) is 5.75 Å². The van der Waals surface area contributed by atoms with E-state index in [1.54, 1.807) is 47.4 Å². The van der Waals surface area contributed by atoms with Crippen molar-refractivity contribution in [3.8, 4) is 5.75 Å². The number of amides is 1. The van der Waals surface area contributed by atoms with Gasteiger partial charge in [0.05, 0.1) is 5.56 Å². The maximum Gasteiger partial charge on any atom is 0.262 e. The van der Waals surface area contributed by atoms with E-state index in [2.05, 4.69) is 5.32 Å². The third-order valence-electron chi connectivity index (χ3n) is 4.22. The molecular formula is C20H15FN2O2. The van der Waals surface area contributed by atoms with E-state index in [0.717, 1.165) is 11.3 Å². The Bertz CT molecular complexity index is 940. The molecule has 124 valence electrons. The van der Waals surface area contributed by atoms with Crippen molar-refractivity contribution in [1.29, 1.82) is 0 Å². The molecule has 1 atom stereocenters. The fraction of sp³-hybridized carbons (Fsp3) is 0.0500. The minimum atomic E-state index is -0.514. The van der Waals surface area contributed by atoms with Gasteiger partial charge in [-0.2, -0.15) is 0 Å². The van der Waals surface area contributed by atoms with Crippen LogP contribution in [0.2, 0.25) is 0 Å². The molecule has 0 spiro atoms. The molecule has 1 heterocycles. The first-order valence-electron chi connectivity index (χ1n) is 7.87. The van der Waals surface area contributed by atoms with Gasteiger partial charge >= 0.3 is 0 Å². The number of aromatic hydroxyl groups is 1. The summed E-state index contributed by atoms with van der Waals surface area (Å²) in [5.74, 6) is -0.436. The number of fused-ring (bicyclic) bond motifs is 1. The second-order valence-corrected chi connectivity index (χ2v) is 5.84. The Hall–Kier alpha value is -3.34. The van der Waals surface area contributed by atoms with E-state index in [1.807, 2.05) is 18.2 Å². The number of rotatable bonds is 2. The number of para-hydroxylation sites is 1. The molecule has 4 rings (SSSR count). The molecule has 4 nitrogen and oxygen atoms in total. The first kappa shape index (κ1) is 15.2. The van der Waals surface area contributed by atoms with Crippen molar-refractivity contribution in [3.05, 3.63) is 89.7 Å². The highest BCUT2D eigenvalue weighted by Crippen LogP contribution is 2.37. The van der Waals surface area contributed by atoms with Crippen LogP contribution in [-0.2, 0) is 0 Å². The van der Waals surface area contributed by atoms with Gasteiger partial charge in [-0.1, -0.05) is 24.3 Å².